The molecular weight excluding hydrogens is 418 g/mol. The fourth-order valence-electron chi connectivity index (χ4n) is 2.61. The molecule has 32 heavy (non-hydrogen) atoms. The van der Waals surface area contributed by atoms with Crippen molar-refractivity contribution in [1.29, 1.82) is 0 Å². The second-order valence-electron chi connectivity index (χ2n) is 6.76. The van der Waals surface area contributed by atoms with Gasteiger partial charge in [0.25, 0.3) is 5.91 Å². The lowest BCUT2D eigenvalue weighted by Gasteiger charge is -2.12. The number of hydrogen-bond acceptors (Lipinski definition) is 8. The number of carbonyl (C=O) groups excluding carboxylic acids is 3. The summed E-state index contributed by atoms with van der Waals surface area (Å²) in [7, 11) is 1.51. The third-order valence-electron chi connectivity index (χ3n) is 4.39. The number of ether oxygens (including phenoxy) is 3. The molecule has 0 aliphatic carbocycles. The Morgan fingerprint density at radius 2 is 1.97 bits per heavy atom. The molecule has 0 bridgehead atoms. The van der Waals surface area contributed by atoms with Crippen LogP contribution in [0.3, 0.4) is 0 Å². The molecule has 1 atom stereocenters. The standard InChI is InChI=1S/C22H27N3O7/c1-6-23-22(28)24-21(27)15(4)31-20(26)10-8-16-7-9-18(19(11-16)29-5)30-12-17-13(2)25-32-14(17)3/h7-11,15H,6,12H2,1-5H3,(H2,23,24,27,28)/b10-8+. The average Bonchev–Trinajstić information content (AvgIpc) is 3.08. The molecule has 2 rings (SSSR count). The van der Waals surface area contributed by atoms with Crippen LogP contribution in [-0.2, 0) is 20.9 Å². The molecular formula is C22H27N3O7. The Balaban J connectivity index is 1.96. The van der Waals surface area contributed by atoms with Crippen LogP contribution in [0.2, 0.25) is 0 Å². The van der Waals surface area contributed by atoms with Gasteiger partial charge in [-0.3, -0.25) is 10.1 Å². The lowest BCUT2D eigenvalue weighted by atomic mass is 10.2. The molecule has 1 aromatic heterocycles. The van der Waals surface area contributed by atoms with E-state index in [0.717, 1.165) is 11.3 Å². The summed E-state index contributed by atoms with van der Waals surface area (Å²) in [6, 6.07) is 4.49. The van der Waals surface area contributed by atoms with E-state index in [1.807, 2.05) is 13.8 Å². The van der Waals surface area contributed by atoms with E-state index in [2.05, 4.69) is 15.8 Å². The van der Waals surface area contributed by atoms with Gasteiger partial charge in [0, 0.05) is 12.6 Å². The third-order valence-corrected chi connectivity index (χ3v) is 4.39. The summed E-state index contributed by atoms with van der Waals surface area (Å²) in [5.41, 5.74) is 2.28. The Bertz CT molecular complexity index is 978. The zero-order valence-corrected chi connectivity index (χ0v) is 18.7. The predicted molar refractivity (Wildman–Crippen MR) is 115 cm³/mol. The molecule has 0 radical (unpaired) electrons. The molecule has 3 amide bonds. The van der Waals surface area contributed by atoms with Gasteiger partial charge >= 0.3 is 12.0 Å². The molecule has 0 saturated heterocycles. The lowest BCUT2D eigenvalue weighted by molar-refractivity contribution is -0.149. The number of carbonyl (C=O) groups is 3. The van der Waals surface area contributed by atoms with Crippen molar-refractivity contribution in [2.75, 3.05) is 13.7 Å². The summed E-state index contributed by atoms with van der Waals surface area (Å²) in [6.07, 6.45) is 1.55. The van der Waals surface area contributed by atoms with E-state index in [-0.39, 0.29) is 6.61 Å². The summed E-state index contributed by atoms with van der Waals surface area (Å²) in [5, 5.41) is 8.39. The van der Waals surface area contributed by atoms with Crippen LogP contribution in [0.1, 0.15) is 36.4 Å². The van der Waals surface area contributed by atoms with Crippen molar-refractivity contribution in [3.05, 3.63) is 46.9 Å². The zero-order chi connectivity index (χ0) is 23.7. The second-order valence-corrected chi connectivity index (χ2v) is 6.76. The molecule has 0 aliphatic rings. The van der Waals surface area contributed by atoms with Crippen LogP contribution in [0.15, 0.2) is 28.8 Å². The van der Waals surface area contributed by atoms with E-state index in [9.17, 15) is 14.4 Å². The van der Waals surface area contributed by atoms with E-state index in [0.29, 0.717) is 29.4 Å². The molecule has 10 heteroatoms. The Morgan fingerprint density at radius 3 is 2.59 bits per heavy atom. The van der Waals surface area contributed by atoms with Gasteiger partial charge in [-0.05, 0) is 51.5 Å². The van der Waals surface area contributed by atoms with Gasteiger partial charge in [-0.25, -0.2) is 9.59 Å². The summed E-state index contributed by atoms with van der Waals surface area (Å²) >= 11 is 0. The Morgan fingerprint density at radius 1 is 1.22 bits per heavy atom. The van der Waals surface area contributed by atoms with Crippen molar-refractivity contribution in [1.82, 2.24) is 15.8 Å². The average molecular weight is 445 g/mol. The minimum absolute atomic E-state index is 0.273. The number of nitrogens with one attached hydrogen (secondary N) is 2. The molecule has 172 valence electrons. The normalized spacial score (nSPS) is 11.7. The number of aryl methyl sites for hydroxylation is 2. The van der Waals surface area contributed by atoms with Crippen LogP contribution in [0.4, 0.5) is 4.79 Å². The first kappa shape index (κ1) is 24.4. The maximum absolute atomic E-state index is 12.0. The first-order chi connectivity index (χ1) is 15.2. The van der Waals surface area contributed by atoms with Crippen molar-refractivity contribution >= 4 is 24.0 Å². The number of benzene rings is 1. The van der Waals surface area contributed by atoms with Crippen LogP contribution in [-0.4, -0.2) is 42.8 Å². The molecule has 0 aliphatic heterocycles. The summed E-state index contributed by atoms with van der Waals surface area (Å²) in [4.78, 5) is 35.2. The number of urea groups is 1. The predicted octanol–water partition coefficient (Wildman–Crippen LogP) is 2.67. The van der Waals surface area contributed by atoms with Gasteiger partial charge in [-0.15, -0.1) is 0 Å². The fraction of sp³-hybridized carbons (Fsp3) is 0.364. The van der Waals surface area contributed by atoms with Gasteiger partial charge in [0.1, 0.15) is 12.4 Å². The van der Waals surface area contributed by atoms with Gasteiger partial charge in [-0.1, -0.05) is 11.2 Å². The highest BCUT2D eigenvalue weighted by atomic mass is 16.5. The van der Waals surface area contributed by atoms with Crippen LogP contribution < -0.4 is 20.1 Å². The summed E-state index contributed by atoms with van der Waals surface area (Å²) in [5.74, 6) is 0.221. The second kappa shape index (κ2) is 11.5. The number of rotatable bonds is 9. The molecule has 10 nitrogen and oxygen atoms in total. The van der Waals surface area contributed by atoms with Crippen LogP contribution in [0.5, 0.6) is 11.5 Å². The zero-order valence-electron chi connectivity index (χ0n) is 18.7. The van der Waals surface area contributed by atoms with Crippen molar-refractivity contribution < 1.29 is 33.1 Å². The highest BCUT2D eigenvalue weighted by molar-refractivity contribution is 5.98. The van der Waals surface area contributed by atoms with Crippen molar-refractivity contribution in [3.8, 4) is 11.5 Å². The molecule has 1 aromatic carbocycles. The van der Waals surface area contributed by atoms with Gasteiger partial charge in [-0.2, -0.15) is 0 Å². The topological polar surface area (TPSA) is 129 Å². The quantitative estimate of drug-likeness (QED) is 0.445. The smallest absolute Gasteiger partial charge is 0.331 e. The van der Waals surface area contributed by atoms with E-state index < -0.39 is 24.0 Å². The van der Waals surface area contributed by atoms with Crippen molar-refractivity contribution in [2.45, 2.75) is 40.4 Å². The van der Waals surface area contributed by atoms with Gasteiger partial charge in [0.15, 0.2) is 17.6 Å². The lowest BCUT2D eigenvalue weighted by Crippen LogP contribution is -2.44. The first-order valence-electron chi connectivity index (χ1n) is 9.95. The van der Waals surface area contributed by atoms with Gasteiger partial charge in [0.05, 0.1) is 18.4 Å². The number of imide groups is 1. The SMILES string of the molecule is CCNC(=O)NC(=O)C(C)OC(=O)/C=C/c1ccc(OCc2c(C)noc2C)c(OC)c1. The molecule has 0 fully saturated rings. The monoisotopic (exact) mass is 445 g/mol. The summed E-state index contributed by atoms with van der Waals surface area (Å²) in [6.45, 7) is 7.37. The third kappa shape index (κ3) is 6.86. The number of hydrogen-bond donors (Lipinski definition) is 2. The maximum atomic E-state index is 12.0. The number of nitrogens with zero attached hydrogens (tertiary/aromatic N) is 1. The van der Waals surface area contributed by atoms with Gasteiger partial charge < -0.3 is 24.1 Å². The molecule has 1 unspecified atom stereocenters. The first-order valence-corrected chi connectivity index (χ1v) is 9.95. The number of esters is 1. The molecule has 2 aromatic rings. The van der Waals surface area contributed by atoms with E-state index in [1.165, 1.54) is 26.2 Å². The maximum Gasteiger partial charge on any atom is 0.331 e. The number of methoxy groups -OCH3 is 1. The summed E-state index contributed by atoms with van der Waals surface area (Å²) < 4.78 is 21.3. The minimum Gasteiger partial charge on any atom is -0.493 e. The van der Waals surface area contributed by atoms with Crippen molar-refractivity contribution in [3.63, 3.8) is 0 Å². The Kier molecular flexibility index (Phi) is 8.82. The van der Waals surface area contributed by atoms with Gasteiger partial charge in [0.2, 0.25) is 0 Å². The van der Waals surface area contributed by atoms with Crippen molar-refractivity contribution in [2.24, 2.45) is 0 Å². The number of amides is 3. The van der Waals surface area contributed by atoms with Crippen LogP contribution >= 0.6 is 0 Å². The molecule has 0 spiro atoms. The Hall–Kier alpha value is -3.82. The van der Waals surface area contributed by atoms with E-state index >= 15 is 0 Å². The van der Waals surface area contributed by atoms with E-state index in [1.54, 1.807) is 25.1 Å². The highest BCUT2D eigenvalue weighted by Gasteiger charge is 2.18. The number of aromatic nitrogens is 1. The van der Waals surface area contributed by atoms with E-state index in [4.69, 9.17) is 18.7 Å². The molecule has 1 heterocycles. The largest absolute Gasteiger partial charge is 0.493 e. The molecule has 0 saturated carbocycles. The highest BCUT2D eigenvalue weighted by Crippen LogP contribution is 2.30. The molecule has 2 N–H and O–H groups in total. The Labute approximate surface area is 185 Å². The van der Waals surface area contributed by atoms with Crippen LogP contribution in [0, 0.1) is 13.8 Å². The fourth-order valence-corrected chi connectivity index (χ4v) is 2.61. The minimum atomic E-state index is -1.13. The van der Waals surface area contributed by atoms with Crippen LogP contribution in [0.25, 0.3) is 6.08 Å².